The molecule has 1 aliphatic heterocycles. The van der Waals surface area contributed by atoms with Crippen molar-refractivity contribution in [2.45, 2.75) is 45.4 Å². The number of hydrogen-bond donors (Lipinski definition) is 0. The van der Waals surface area contributed by atoms with E-state index in [4.69, 9.17) is 4.74 Å². The van der Waals surface area contributed by atoms with Crippen molar-refractivity contribution >= 4 is 5.97 Å². The van der Waals surface area contributed by atoms with Gasteiger partial charge in [0.05, 0.1) is 0 Å². The summed E-state index contributed by atoms with van der Waals surface area (Å²) in [7, 11) is 0. The fraction of sp³-hybridized carbons (Fsp3) is 0.583. The van der Waals surface area contributed by atoms with Gasteiger partial charge in [-0.1, -0.05) is 39.2 Å². The van der Waals surface area contributed by atoms with Gasteiger partial charge in [-0.05, 0) is 12.8 Å². The Morgan fingerprint density at radius 2 is 2.00 bits per heavy atom. The van der Waals surface area contributed by atoms with Crippen molar-refractivity contribution in [3.63, 3.8) is 0 Å². The van der Waals surface area contributed by atoms with Crippen molar-refractivity contribution in [1.82, 2.24) is 0 Å². The number of allylic oxidation sites excluding steroid dienone is 1. The van der Waals surface area contributed by atoms with Crippen LogP contribution in [-0.2, 0) is 9.53 Å². The fourth-order valence-corrected chi connectivity index (χ4v) is 1.57. The van der Waals surface area contributed by atoms with Gasteiger partial charge in [-0.25, -0.2) is 4.79 Å². The van der Waals surface area contributed by atoms with Crippen LogP contribution in [0.25, 0.3) is 0 Å². The lowest BCUT2D eigenvalue weighted by Crippen LogP contribution is -1.89. The zero-order valence-electron chi connectivity index (χ0n) is 8.84. The highest BCUT2D eigenvalue weighted by Gasteiger charge is 2.16. The van der Waals surface area contributed by atoms with E-state index in [0.29, 0.717) is 5.76 Å². The lowest BCUT2D eigenvalue weighted by atomic mass is 10.1. The molecule has 0 aromatic carbocycles. The zero-order valence-corrected chi connectivity index (χ0v) is 8.84. The monoisotopic (exact) mass is 194 g/mol. The Balaban J connectivity index is 2.15. The number of cyclic esters (lactones) is 1. The Bertz CT molecular complexity index is 251. The summed E-state index contributed by atoms with van der Waals surface area (Å²) < 4.78 is 4.83. The van der Waals surface area contributed by atoms with Crippen LogP contribution in [0.1, 0.15) is 45.4 Å². The van der Waals surface area contributed by atoms with Gasteiger partial charge in [0, 0.05) is 11.6 Å². The maximum Gasteiger partial charge on any atom is 0.336 e. The molecule has 1 rings (SSSR count). The van der Waals surface area contributed by atoms with Crippen LogP contribution in [0.5, 0.6) is 0 Å². The molecule has 0 aromatic rings. The van der Waals surface area contributed by atoms with Crippen LogP contribution in [0.4, 0.5) is 0 Å². The molecular weight excluding hydrogens is 176 g/mol. The molecule has 1 heterocycles. The van der Waals surface area contributed by atoms with Crippen molar-refractivity contribution in [2.24, 2.45) is 0 Å². The molecule has 0 aliphatic carbocycles. The topological polar surface area (TPSA) is 26.3 Å². The molecule has 0 unspecified atom stereocenters. The molecule has 0 radical (unpaired) electrons. The minimum Gasteiger partial charge on any atom is -0.424 e. The third kappa shape index (κ3) is 3.36. The molecular formula is C12H18O2. The zero-order chi connectivity index (χ0) is 10.4. The van der Waals surface area contributed by atoms with Crippen LogP contribution in [0, 0.1) is 0 Å². The van der Waals surface area contributed by atoms with Crippen LogP contribution in [-0.4, -0.2) is 5.97 Å². The molecule has 0 atom stereocenters. The summed E-state index contributed by atoms with van der Waals surface area (Å²) in [5.41, 5.74) is 0.978. The van der Waals surface area contributed by atoms with E-state index >= 15 is 0 Å². The van der Waals surface area contributed by atoms with Crippen LogP contribution in [0.2, 0.25) is 0 Å². The fourth-order valence-electron chi connectivity index (χ4n) is 1.57. The van der Waals surface area contributed by atoms with Gasteiger partial charge in [0.15, 0.2) is 0 Å². The van der Waals surface area contributed by atoms with Crippen molar-refractivity contribution in [2.75, 3.05) is 0 Å². The molecule has 0 aromatic heterocycles. The Labute approximate surface area is 85.6 Å². The second-order valence-electron chi connectivity index (χ2n) is 3.68. The highest BCUT2D eigenvalue weighted by molar-refractivity contribution is 5.88. The third-order valence-corrected chi connectivity index (χ3v) is 2.42. The first-order chi connectivity index (χ1) is 6.74. The number of hydrogen-bond acceptors (Lipinski definition) is 2. The van der Waals surface area contributed by atoms with E-state index in [2.05, 4.69) is 13.5 Å². The van der Waals surface area contributed by atoms with E-state index in [1.54, 1.807) is 6.08 Å². The number of carbonyl (C=O) groups is 1. The minimum atomic E-state index is -0.265. The average molecular weight is 194 g/mol. The molecule has 78 valence electrons. The van der Waals surface area contributed by atoms with E-state index in [-0.39, 0.29) is 5.97 Å². The Hall–Kier alpha value is -1.05. The average Bonchev–Trinajstić information content (AvgIpc) is 2.45. The standard InChI is InChI=1S/C12H18O2/c1-3-4-5-6-7-8-11-9-12(13)14-10(11)2/h9H,2-8H2,1H3. The Kier molecular flexibility index (Phi) is 4.44. The van der Waals surface area contributed by atoms with Crippen molar-refractivity contribution in [3.05, 3.63) is 24.0 Å². The summed E-state index contributed by atoms with van der Waals surface area (Å²) in [5.74, 6) is 0.282. The molecule has 0 bridgehead atoms. The SMILES string of the molecule is C=C1OC(=O)C=C1CCCCCCC. The molecule has 2 nitrogen and oxygen atoms in total. The normalized spacial score (nSPS) is 15.6. The van der Waals surface area contributed by atoms with Gasteiger partial charge in [-0.15, -0.1) is 0 Å². The summed E-state index contributed by atoms with van der Waals surface area (Å²) in [6.45, 7) is 5.89. The van der Waals surface area contributed by atoms with Crippen LogP contribution < -0.4 is 0 Å². The molecule has 0 spiro atoms. The number of carbonyl (C=O) groups excluding carboxylic acids is 1. The number of ether oxygens (including phenoxy) is 1. The molecule has 2 heteroatoms. The summed E-state index contributed by atoms with van der Waals surface area (Å²) in [6, 6.07) is 0. The van der Waals surface area contributed by atoms with Gasteiger partial charge in [0.2, 0.25) is 0 Å². The largest absolute Gasteiger partial charge is 0.424 e. The number of rotatable bonds is 6. The lowest BCUT2D eigenvalue weighted by molar-refractivity contribution is -0.132. The first-order valence-electron chi connectivity index (χ1n) is 5.35. The van der Waals surface area contributed by atoms with Gasteiger partial charge < -0.3 is 4.74 Å². The summed E-state index contributed by atoms with van der Waals surface area (Å²) >= 11 is 0. The molecule has 0 saturated carbocycles. The first-order valence-corrected chi connectivity index (χ1v) is 5.35. The molecule has 14 heavy (non-hydrogen) atoms. The van der Waals surface area contributed by atoms with Gasteiger partial charge in [0.25, 0.3) is 0 Å². The van der Waals surface area contributed by atoms with Crippen molar-refractivity contribution < 1.29 is 9.53 Å². The summed E-state index contributed by atoms with van der Waals surface area (Å²) in [5, 5.41) is 0. The van der Waals surface area contributed by atoms with E-state index in [1.165, 1.54) is 25.7 Å². The highest BCUT2D eigenvalue weighted by Crippen LogP contribution is 2.23. The van der Waals surface area contributed by atoms with E-state index in [1.807, 2.05) is 0 Å². The van der Waals surface area contributed by atoms with E-state index < -0.39 is 0 Å². The van der Waals surface area contributed by atoms with Gasteiger partial charge in [-0.3, -0.25) is 0 Å². The maximum atomic E-state index is 10.8. The highest BCUT2D eigenvalue weighted by atomic mass is 16.5. The smallest absolute Gasteiger partial charge is 0.336 e. The molecule has 1 aliphatic rings. The quantitative estimate of drug-likeness (QED) is 0.479. The van der Waals surface area contributed by atoms with Crippen molar-refractivity contribution in [3.8, 4) is 0 Å². The van der Waals surface area contributed by atoms with Crippen LogP contribution in [0.15, 0.2) is 24.0 Å². The maximum absolute atomic E-state index is 10.8. The van der Waals surface area contributed by atoms with Gasteiger partial charge in [0.1, 0.15) is 5.76 Å². The van der Waals surface area contributed by atoms with E-state index in [0.717, 1.165) is 18.4 Å². The Morgan fingerprint density at radius 1 is 1.29 bits per heavy atom. The molecule has 0 N–H and O–H groups in total. The van der Waals surface area contributed by atoms with E-state index in [9.17, 15) is 4.79 Å². The number of unbranched alkanes of at least 4 members (excludes halogenated alkanes) is 4. The molecule has 0 fully saturated rings. The van der Waals surface area contributed by atoms with Crippen molar-refractivity contribution in [1.29, 1.82) is 0 Å². The predicted molar refractivity (Wildman–Crippen MR) is 56.7 cm³/mol. The van der Waals surface area contributed by atoms with Crippen LogP contribution >= 0.6 is 0 Å². The molecule has 0 amide bonds. The minimum absolute atomic E-state index is 0.265. The second-order valence-corrected chi connectivity index (χ2v) is 3.68. The third-order valence-electron chi connectivity index (χ3n) is 2.42. The first kappa shape index (κ1) is 11.0. The summed E-state index contributed by atoms with van der Waals surface area (Å²) in [6.07, 6.45) is 8.68. The second kappa shape index (κ2) is 5.63. The van der Waals surface area contributed by atoms with Gasteiger partial charge in [-0.2, -0.15) is 0 Å². The Morgan fingerprint density at radius 3 is 2.57 bits per heavy atom. The predicted octanol–water partition coefficient (Wildman–Crippen LogP) is 3.34. The van der Waals surface area contributed by atoms with Crippen LogP contribution in [0.3, 0.4) is 0 Å². The lowest BCUT2D eigenvalue weighted by Gasteiger charge is -2.02. The van der Waals surface area contributed by atoms with Gasteiger partial charge >= 0.3 is 5.97 Å². The molecule has 0 saturated heterocycles. The number of esters is 1. The summed E-state index contributed by atoms with van der Waals surface area (Å²) in [4.78, 5) is 10.8.